The van der Waals surface area contributed by atoms with Crippen LogP contribution in [0.2, 0.25) is 0 Å². The van der Waals surface area contributed by atoms with E-state index >= 15 is 0 Å². The number of hydrogen-bond acceptors (Lipinski definition) is 5. The van der Waals surface area contributed by atoms with Crippen molar-refractivity contribution in [2.45, 2.75) is 29.9 Å². The second-order valence-electron chi connectivity index (χ2n) is 7.73. The molecule has 4 heterocycles. The van der Waals surface area contributed by atoms with E-state index in [0.717, 1.165) is 5.56 Å². The Hall–Kier alpha value is -2.29. The molecular formula is C20H21N3O4S. The molecule has 0 saturated carbocycles. The van der Waals surface area contributed by atoms with Gasteiger partial charge >= 0.3 is 0 Å². The first-order chi connectivity index (χ1) is 13.5. The van der Waals surface area contributed by atoms with Crippen LogP contribution in [0.4, 0.5) is 0 Å². The number of fused-ring (bicyclic) bond motifs is 1. The number of pyridine rings is 1. The van der Waals surface area contributed by atoms with Gasteiger partial charge in [0.05, 0.1) is 12.6 Å². The van der Waals surface area contributed by atoms with E-state index in [1.165, 1.54) is 4.31 Å². The van der Waals surface area contributed by atoms with Gasteiger partial charge in [-0.05, 0) is 24.1 Å². The van der Waals surface area contributed by atoms with Gasteiger partial charge in [-0.15, -0.1) is 0 Å². The van der Waals surface area contributed by atoms with Crippen molar-refractivity contribution in [2.75, 3.05) is 19.6 Å². The molecule has 1 amide bonds. The van der Waals surface area contributed by atoms with E-state index in [1.54, 1.807) is 29.3 Å². The van der Waals surface area contributed by atoms with E-state index in [9.17, 15) is 13.2 Å². The summed E-state index contributed by atoms with van der Waals surface area (Å²) in [7, 11) is -3.49. The fourth-order valence-electron chi connectivity index (χ4n) is 4.68. The minimum atomic E-state index is -3.49. The molecule has 3 aliphatic heterocycles. The van der Waals surface area contributed by atoms with Crippen molar-refractivity contribution in [1.82, 2.24) is 14.2 Å². The van der Waals surface area contributed by atoms with Crippen LogP contribution >= 0.6 is 0 Å². The highest BCUT2D eigenvalue weighted by Crippen LogP contribution is 2.47. The minimum absolute atomic E-state index is 0.173. The monoisotopic (exact) mass is 399 g/mol. The Morgan fingerprint density at radius 3 is 2.68 bits per heavy atom. The first-order valence-electron chi connectivity index (χ1n) is 9.39. The quantitative estimate of drug-likeness (QED) is 0.777. The largest absolute Gasteiger partial charge is 0.365 e. The van der Waals surface area contributed by atoms with E-state index in [4.69, 9.17) is 4.74 Å². The molecule has 3 aliphatic rings. The zero-order valence-corrected chi connectivity index (χ0v) is 16.1. The zero-order valence-electron chi connectivity index (χ0n) is 15.3. The van der Waals surface area contributed by atoms with Crippen molar-refractivity contribution in [3.8, 4) is 0 Å². The molecule has 1 spiro atoms. The maximum atomic E-state index is 13.2. The molecule has 0 N–H and O–H groups in total. The van der Waals surface area contributed by atoms with Crippen molar-refractivity contribution >= 4 is 15.9 Å². The van der Waals surface area contributed by atoms with Gasteiger partial charge in [-0.2, -0.15) is 4.31 Å². The molecule has 1 aromatic heterocycles. The molecule has 28 heavy (non-hydrogen) atoms. The summed E-state index contributed by atoms with van der Waals surface area (Å²) in [5.74, 6) is -0.173. The zero-order chi connectivity index (χ0) is 19.4. The van der Waals surface area contributed by atoms with E-state index in [0.29, 0.717) is 25.2 Å². The molecule has 2 bridgehead atoms. The summed E-state index contributed by atoms with van der Waals surface area (Å²) < 4.78 is 34.1. The van der Waals surface area contributed by atoms with Gasteiger partial charge in [0.15, 0.2) is 0 Å². The maximum absolute atomic E-state index is 13.2. The van der Waals surface area contributed by atoms with Gasteiger partial charge in [-0.1, -0.05) is 36.4 Å². The molecule has 0 radical (unpaired) electrons. The maximum Gasteiger partial charge on any atom is 0.272 e. The summed E-state index contributed by atoms with van der Waals surface area (Å²) in [6.45, 7) is 1.27. The van der Waals surface area contributed by atoms with Gasteiger partial charge < -0.3 is 9.64 Å². The molecule has 0 aliphatic carbocycles. The van der Waals surface area contributed by atoms with Crippen LogP contribution in [0.3, 0.4) is 0 Å². The molecule has 146 valence electrons. The number of likely N-dealkylation sites (tertiary alicyclic amines) is 1. The molecular weight excluding hydrogens is 378 g/mol. The second-order valence-corrected chi connectivity index (χ2v) is 9.84. The van der Waals surface area contributed by atoms with Crippen LogP contribution in [-0.2, 0) is 21.3 Å². The topological polar surface area (TPSA) is 79.8 Å². The summed E-state index contributed by atoms with van der Waals surface area (Å²) in [5, 5.41) is -0.602. The Labute approximate surface area is 164 Å². The number of benzene rings is 1. The standard InChI is InChI=1S/C20H21N3O4S/c24-19(17-8-4-5-9-21-17)22-12-16-10-18-20(13-22,27-16)14-23(28(18,25)26)11-15-6-2-1-3-7-15/h1-9,16,18H,10-14H2/t16-,18+,20+/m0/s1. The summed E-state index contributed by atoms with van der Waals surface area (Å²) >= 11 is 0. The first kappa shape index (κ1) is 17.8. The number of morpholine rings is 1. The molecule has 3 fully saturated rings. The van der Waals surface area contributed by atoms with Crippen LogP contribution in [0.5, 0.6) is 0 Å². The Kier molecular flexibility index (Phi) is 4.04. The van der Waals surface area contributed by atoms with Crippen LogP contribution < -0.4 is 0 Å². The molecule has 3 saturated heterocycles. The van der Waals surface area contributed by atoms with Crippen LogP contribution in [0.25, 0.3) is 0 Å². The van der Waals surface area contributed by atoms with Crippen molar-refractivity contribution in [2.24, 2.45) is 0 Å². The fourth-order valence-corrected chi connectivity index (χ4v) is 6.98. The number of carbonyl (C=O) groups excluding carboxylic acids is 1. The number of aromatic nitrogens is 1. The van der Waals surface area contributed by atoms with Crippen molar-refractivity contribution < 1.29 is 17.9 Å². The smallest absolute Gasteiger partial charge is 0.272 e. The van der Waals surface area contributed by atoms with E-state index in [2.05, 4.69) is 4.98 Å². The van der Waals surface area contributed by atoms with Crippen LogP contribution in [0.15, 0.2) is 54.7 Å². The molecule has 3 atom stereocenters. The van der Waals surface area contributed by atoms with Crippen molar-refractivity contribution in [1.29, 1.82) is 0 Å². The third-order valence-corrected chi connectivity index (χ3v) is 8.20. The van der Waals surface area contributed by atoms with Gasteiger partial charge in [-0.25, -0.2) is 8.42 Å². The van der Waals surface area contributed by atoms with Gasteiger partial charge in [0.25, 0.3) is 5.91 Å². The van der Waals surface area contributed by atoms with Crippen LogP contribution in [-0.4, -0.2) is 65.1 Å². The van der Waals surface area contributed by atoms with Crippen LogP contribution in [0.1, 0.15) is 22.5 Å². The highest BCUT2D eigenvalue weighted by atomic mass is 32.2. The lowest BCUT2D eigenvalue weighted by molar-refractivity contribution is -0.0981. The molecule has 8 heteroatoms. The highest BCUT2D eigenvalue weighted by Gasteiger charge is 2.65. The Morgan fingerprint density at radius 1 is 1.14 bits per heavy atom. The van der Waals surface area contributed by atoms with E-state index in [1.807, 2.05) is 30.3 Å². The van der Waals surface area contributed by atoms with Crippen molar-refractivity contribution in [3.63, 3.8) is 0 Å². The Balaban J connectivity index is 1.42. The minimum Gasteiger partial charge on any atom is -0.365 e. The molecule has 2 aromatic rings. The number of amides is 1. The number of hydrogen-bond donors (Lipinski definition) is 0. The lowest BCUT2D eigenvalue weighted by Gasteiger charge is -2.39. The lowest BCUT2D eigenvalue weighted by Crippen LogP contribution is -2.56. The third-order valence-electron chi connectivity index (χ3n) is 5.88. The molecule has 1 aromatic carbocycles. The Morgan fingerprint density at radius 2 is 1.93 bits per heavy atom. The van der Waals surface area contributed by atoms with Crippen molar-refractivity contribution in [3.05, 3.63) is 66.0 Å². The predicted molar refractivity (Wildman–Crippen MR) is 102 cm³/mol. The van der Waals surface area contributed by atoms with E-state index in [-0.39, 0.29) is 25.1 Å². The summed E-state index contributed by atoms with van der Waals surface area (Å²) in [6, 6.07) is 14.8. The summed E-state index contributed by atoms with van der Waals surface area (Å²) in [5.41, 5.74) is 0.455. The Bertz CT molecular complexity index is 999. The number of sulfonamides is 1. The second kappa shape index (κ2) is 6.37. The van der Waals surface area contributed by atoms with Gasteiger partial charge in [0.2, 0.25) is 10.0 Å². The average molecular weight is 399 g/mol. The predicted octanol–water partition coefficient (Wildman–Crippen LogP) is 1.28. The molecule has 5 rings (SSSR count). The number of ether oxygens (including phenoxy) is 1. The van der Waals surface area contributed by atoms with Gasteiger partial charge in [0.1, 0.15) is 16.5 Å². The number of carbonyl (C=O) groups is 1. The first-order valence-corrected chi connectivity index (χ1v) is 10.9. The number of nitrogens with zero attached hydrogens (tertiary/aromatic N) is 3. The highest BCUT2D eigenvalue weighted by molar-refractivity contribution is 7.90. The fraction of sp³-hybridized carbons (Fsp3) is 0.400. The van der Waals surface area contributed by atoms with Gasteiger partial charge in [0, 0.05) is 25.8 Å². The van der Waals surface area contributed by atoms with Gasteiger partial charge in [-0.3, -0.25) is 9.78 Å². The van der Waals surface area contributed by atoms with E-state index < -0.39 is 20.9 Å². The lowest BCUT2D eigenvalue weighted by atomic mass is 9.99. The SMILES string of the molecule is O=C(c1ccccn1)N1C[C@@H]2C[C@@H]3[C@@](C1)(CN(Cc1ccccc1)S3(=O)=O)O2. The molecule has 7 nitrogen and oxygen atoms in total. The summed E-state index contributed by atoms with van der Waals surface area (Å²) in [4.78, 5) is 18.7. The average Bonchev–Trinajstić information content (AvgIpc) is 3.08. The normalized spacial score (nSPS) is 30.9. The summed E-state index contributed by atoms with van der Waals surface area (Å²) in [6.07, 6.45) is 1.77. The molecule has 0 unspecified atom stereocenters. The number of rotatable bonds is 3. The third kappa shape index (κ3) is 2.75. The van der Waals surface area contributed by atoms with Crippen LogP contribution in [0, 0.1) is 0 Å².